The number of hydrogen-bond acceptors (Lipinski definition) is 5. The number of benzene rings is 4. The fourth-order valence-electron chi connectivity index (χ4n) is 4.97. The number of rotatable bonds is 15. The highest BCUT2D eigenvalue weighted by molar-refractivity contribution is 7.92. The molecule has 254 valence electrons. The summed E-state index contributed by atoms with van der Waals surface area (Å²) in [5, 5.41) is 3.93. The van der Waals surface area contributed by atoms with Gasteiger partial charge in [0.25, 0.3) is 10.0 Å². The van der Waals surface area contributed by atoms with Crippen molar-refractivity contribution in [2.75, 3.05) is 24.0 Å². The van der Waals surface area contributed by atoms with Crippen LogP contribution in [0.2, 0.25) is 15.1 Å². The molecule has 2 amide bonds. The molecule has 1 N–H and O–H groups in total. The molecule has 0 heterocycles. The van der Waals surface area contributed by atoms with E-state index in [4.69, 9.17) is 39.5 Å². The predicted molar refractivity (Wildman–Crippen MR) is 192 cm³/mol. The van der Waals surface area contributed by atoms with E-state index < -0.39 is 34.4 Å². The summed E-state index contributed by atoms with van der Waals surface area (Å²) in [6, 6.07) is 25.3. The van der Waals surface area contributed by atoms with Crippen LogP contribution in [0.1, 0.15) is 31.9 Å². The van der Waals surface area contributed by atoms with Crippen LogP contribution in [0.5, 0.6) is 5.75 Å². The van der Waals surface area contributed by atoms with E-state index in [-0.39, 0.29) is 29.5 Å². The normalized spacial score (nSPS) is 12.0. The number of carbonyl (C=O) groups is 2. The second-order valence-electron chi connectivity index (χ2n) is 11.5. The molecule has 0 radical (unpaired) electrons. The molecule has 8 nitrogen and oxygen atoms in total. The number of carbonyl (C=O) groups excluding carboxylic acids is 2. The molecule has 12 heteroatoms. The van der Waals surface area contributed by atoms with Gasteiger partial charge >= 0.3 is 0 Å². The van der Waals surface area contributed by atoms with Crippen molar-refractivity contribution in [1.29, 1.82) is 0 Å². The SMILES string of the molecule is CCOc1ccc(N(CC(=O)N(Cc2c(Cl)cccc2Cl)C(Cc2ccccc2)C(=O)NCC(C)C)S(=O)(=O)c2ccc(Cl)cc2)cc1. The molecule has 1 atom stereocenters. The quantitative estimate of drug-likeness (QED) is 0.136. The zero-order valence-electron chi connectivity index (χ0n) is 26.9. The van der Waals surface area contributed by atoms with Crippen molar-refractivity contribution in [3.63, 3.8) is 0 Å². The van der Waals surface area contributed by atoms with Crippen LogP contribution < -0.4 is 14.4 Å². The van der Waals surface area contributed by atoms with Crippen molar-refractivity contribution < 1.29 is 22.7 Å². The minimum atomic E-state index is -4.31. The number of sulfonamides is 1. The summed E-state index contributed by atoms with van der Waals surface area (Å²) in [5.74, 6) is -0.348. The Morgan fingerprint density at radius 3 is 2.04 bits per heavy atom. The number of anilines is 1. The summed E-state index contributed by atoms with van der Waals surface area (Å²) in [6.07, 6.45) is 0.158. The van der Waals surface area contributed by atoms with Gasteiger partial charge in [-0.3, -0.25) is 13.9 Å². The van der Waals surface area contributed by atoms with Crippen molar-refractivity contribution in [3.05, 3.63) is 123 Å². The molecule has 48 heavy (non-hydrogen) atoms. The van der Waals surface area contributed by atoms with Gasteiger partial charge in [0.15, 0.2) is 0 Å². The zero-order chi connectivity index (χ0) is 34.8. The van der Waals surface area contributed by atoms with Gasteiger partial charge in [-0.05, 0) is 79.1 Å². The fourth-order valence-corrected chi connectivity index (χ4v) is 7.03. The van der Waals surface area contributed by atoms with Crippen molar-refractivity contribution >= 4 is 62.3 Å². The Labute approximate surface area is 297 Å². The number of nitrogens with one attached hydrogen (secondary N) is 1. The lowest BCUT2D eigenvalue weighted by Gasteiger charge is -2.34. The van der Waals surface area contributed by atoms with E-state index >= 15 is 0 Å². The molecule has 0 fully saturated rings. The van der Waals surface area contributed by atoms with Crippen molar-refractivity contribution in [3.8, 4) is 5.75 Å². The van der Waals surface area contributed by atoms with Gasteiger partial charge in [-0.2, -0.15) is 0 Å². The average molecular weight is 731 g/mol. The molecular weight excluding hydrogens is 693 g/mol. The van der Waals surface area contributed by atoms with Crippen LogP contribution in [0.4, 0.5) is 5.69 Å². The zero-order valence-corrected chi connectivity index (χ0v) is 30.0. The molecule has 0 aliphatic heterocycles. The van der Waals surface area contributed by atoms with Crippen LogP contribution in [0.25, 0.3) is 0 Å². The third-order valence-corrected chi connectivity index (χ3v) is 10.2. The lowest BCUT2D eigenvalue weighted by molar-refractivity contribution is -0.140. The maximum absolute atomic E-state index is 14.6. The fraction of sp³-hybridized carbons (Fsp3) is 0.278. The van der Waals surface area contributed by atoms with E-state index in [1.807, 2.05) is 51.1 Å². The van der Waals surface area contributed by atoms with Crippen molar-refractivity contribution in [2.24, 2.45) is 5.92 Å². The maximum atomic E-state index is 14.6. The Morgan fingerprint density at radius 1 is 0.833 bits per heavy atom. The van der Waals surface area contributed by atoms with E-state index in [1.54, 1.807) is 42.5 Å². The number of hydrogen-bond donors (Lipinski definition) is 1. The molecule has 0 saturated heterocycles. The minimum Gasteiger partial charge on any atom is -0.494 e. The van der Waals surface area contributed by atoms with Crippen LogP contribution in [-0.4, -0.2) is 50.9 Å². The maximum Gasteiger partial charge on any atom is 0.264 e. The van der Waals surface area contributed by atoms with E-state index in [9.17, 15) is 18.0 Å². The number of amides is 2. The highest BCUT2D eigenvalue weighted by atomic mass is 35.5. The van der Waals surface area contributed by atoms with E-state index in [0.29, 0.717) is 39.5 Å². The van der Waals surface area contributed by atoms with Gasteiger partial charge in [0.1, 0.15) is 18.3 Å². The Hall–Kier alpha value is -3.76. The summed E-state index contributed by atoms with van der Waals surface area (Å²) in [4.78, 5) is 29.9. The van der Waals surface area contributed by atoms with E-state index in [1.165, 1.54) is 29.2 Å². The Bertz CT molecular complexity index is 1770. The van der Waals surface area contributed by atoms with Gasteiger partial charge < -0.3 is 15.0 Å². The second kappa shape index (κ2) is 17.1. The molecular formula is C36H38Cl3N3O5S. The van der Waals surface area contributed by atoms with E-state index in [0.717, 1.165) is 9.87 Å². The molecule has 0 saturated carbocycles. The first kappa shape index (κ1) is 37.1. The van der Waals surface area contributed by atoms with Gasteiger partial charge in [-0.15, -0.1) is 0 Å². The molecule has 0 bridgehead atoms. The van der Waals surface area contributed by atoms with Gasteiger partial charge in [0.05, 0.1) is 17.2 Å². The summed E-state index contributed by atoms with van der Waals surface area (Å²) in [6.45, 7) is 5.79. The Kier molecular flexibility index (Phi) is 13.2. The van der Waals surface area contributed by atoms with Gasteiger partial charge in [0.2, 0.25) is 11.8 Å². The average Bonchev–Trinajstić information content (AvgIpc) is 3.06. The molecule has 1 unspecified atom stereocenters. The first-order valence-corrected chi connectivity index (χ1v) is 18.0. The van der Waals surface area contributed by atoms with Gasteiger partial charge in [-0.25, -0.2) is 8.42 Å². The monoisotopic (exact) mass is 729 g/mol. The third-order valence-electron chi connectivity index (χ3n) is 7.46. The molecule has 0 aliphatic rings. The molecule has 0 aromatic heterocycles. The smallest absolute Gasteiger partial charge is 0.264 e. The summed E-state index contributed by atoms with van der Waals surface area (Å²) < 4.78 is 35.0. The second-order valence-corrected chi connectivity index (χ2v) is 14.6. The molecule has 0 spiro atoms. The largest absolute Gasteiger partial charge is 0.494 e. The van der Waals surface area contributed by atoms with Crippen molar-refractivity contribution in [2.45, 2.75) is 44.7 Å². The summed E-state index contributed by atoms with van der Waals surface area (Å²) in [7, 11) is -4.31. The number of ether oxygens (including phenoxy) is 1. The first-order chi connectivity index (χ1) is 22.9. The van der Waals surface area contributed by atoms with Crippen LogP contribution in [0.15, 0.2) is 102 Å². The van der Waals surface area contributed by atoms with Crippen molar-refractivity contribution in [1.82, 2.24) is 10.2 Å². The van der Waals surface area contributed by atoms with Crippen LogP contribution in [0.3, 0.4) is 0 Å². The van der Waals surface area contributed by atoms with Crippen LogP contribution >= 0.6 is 34.8 Å². The third kappa shape index (κ3) is 9.66. The summed E-state index contributed by atoms with van der Waals surface area (Å²) >= 11 is 19.2. The minimum absolute atomic E-state index is 0.0650. The van der Waals surface area contributed by atoms with E-state index in [2.05, 4.69) is 5.32 Å². The number of halogens is 3. The number of nitrogens with zero attached hydrogens (tertiary/aromatic N) is 2. The highest BCUT2D eigenvalue weighted by Gasteiger charge is 2.35. The van der Waals surface area contributed by atoms with Crippen LogP contribution in [0, 0.1) is 5.92 Å². The molecule has 4 rings (SSSR count). The first-order valence-electron chi connectivity index (χ1n) is 15.5. The molecule has 0 aliphatic carbocycles. The highest BCUT2D eigenvalue weighted by Crippen LogP contribution is 2.30. The lowest BCUT2D eigenvalue weighted by atomic mass is 10.0. The van der Waals surface area contributed by atoms with Gasteiger partial charge in [-0.1, -0.05) is 85.0 Å². The van der Waals surface area contributed by atoms with Gasteiger partial charge in [0, 0.05) is 40.1 Å². The lowest BCUT2D eigenvalue weighted by Crippen LogP contribution is -2.53. The molecule has 4 aromatic carbocycles. The predicted octanol–water partition coefficient (Wildman–Crippen LogP) is 7.65. The standard InChI is InChI=1S/C36H38Cl3N3O5S/c1-4-47-29-17-15-28(16-18-29)42(48(45,46)30-19-13-27(37)14-20-30)24-35(43)41(23-31-32(38)11-8-12-33(31)39)34(36(44)40-22-25(2)3)21-26-9-6-5-7-10-26/h5-20,25,34H,4,21-24H2,1-3H3,(H,40,44). The molecule has 4 aromatic rings. The van der Waals surface area contributed by atoms with Crippen LogP contribution in [-0.2, 0) is 32.6 Å². The Balaban J connectivity index is 1.83. The topological polar surface area (TPSA) is 96.0 Å². The Morgan fingerprint density at radius 2 is 1.46 bits per heavy atom. The summed E-state index contributed by atoms with van der Waals surface area (Å²) in [5.41, 5.74) is 1.46.